The van der Waals surface area contributed by atoms with Gasteiger partial charge in [0.15, 0.2) is 11.5 Å². The Balaban J connectivity index is 1.50. The third kappa shape index (κ3) is 7.47. The zero-order valence-corrected chi connectivity index (χ0v) is 21.6. The van der Waals surface area contributed by atoms with Crippen LogP contribution in [-0.4, -0.2) is 63.2 Å². The fourth-order valence-electron chi connectivity index (χ4n) is 4.19. The topological polar surface area (TPSA) is 122 Å². The molecule has 4 rings (SSSR count). The average molecular weight is 518 g/mol. The number of anilines is 1. The lowest BCUT2D eigenvalue weighted by atomic mass is 10.0. The molecule has 1 heterocycles. The highest BCUT2D eigenvalue weighted by molar-refractivity contribution is 5.95. The van der Waals surface area contributed by atoms with E-state index in [0.717, 1.165) is 49.7 Å². The maximum atomic E-state index is 13.4. The van der Waals surface area contributed by atoms with Gasteiger partial charge in [-0.2, -0.15) is 0 Å². The zero-order valence-electron chi connectivity index (χ0n) is 21.6. The highest BCUT2D eigenvalue weighted by Gasteiger charge is 2.22. The maximum Gasteiger partial charge on any atom is 0.247 e. The number of morpholine rings is 1. The van der Waals surface area contributed by atoms with Gasteiger partial charge in [0.05, 0.1) is 20.3 Å². The summed E-state index contributed by atoms with van der Waals surface area (Å²) in [5.41, 5.74) is 8.65. The van der Waals surface area contributed by atoms with E-state index in [9.17, 15) is 4.79 Å². The second-order valence-corrected chi connectivity index (χ2v) is 8.98. The van der Waals surface area contributed by atoms with Crippen molar-refractivity contribution in [3.8, 4) is 11.5 Å². The van der Waals surface area contributed by atoms with Crippen LogP contribution in [0.5, 0.6) is 11.5 Å². The molecule has 200 valence electrons. The number of nitrogens with one attached hydrogen (secondary N) is 3. The van der Waals surface area contributed by atoms with Crippen molar-refractivity contribution in [3.05, 3.63) is 89.5 Å². The fourth-order valence-corrected chi connectivity index (χ4v) is 4.19. The Morgan fingerprint density at radius 3 is 2.47 bits per heavy atom. The number of hydrogen-bond donors (Lipinski definition) is 4. The minimum Gasteiger partial charge on any atom is -0.493 e. The molecule has 0 aromatic heterocycles. The minimum absolute atomic E-state index is 0.0114. The van der Waals surface area contributed by atoms with E-state index in [0.29, 0.717) is 30.2 Å². The van der Waals surface area contributed by atoms with Crippen LogP contribution in [0.25, 0.3) is 0 Å². The number of methoxy groups -OCH3 is 1. The Labute approximate surface area is 223 Å². The molecule has 9 nitrogen and oxygen atoms in total. The number of ether oxygens (including phenoxy) is 3. The molecular weight excluding hydrogens is 482 g/mol. The van der Waals surface area contributed by atoms with E-state index in [1.165, 1.54) is 0 Å². The number of hydrogen-bond acceptors (Lipinski definition) is 7. The lowest BCUT2D eigenvalue weighted by Crippen LogP contribution is -2.38. The third-order valence-electron chi connectivity index (χ3n) is 6.37. The van der Waals surface area contributed by atoms with Crippen LogP contribution in [0.2, 0.25) is 0 Å². The molecule has 1 saturated heterocycles. The monoisotopic (exact) mass is 517 g/mol. The summed E-state index contributed by atoms with van der Waals surface area (Å²) in [6, 6.07) is 21.7. The Bertz CT molecular complexity index is 1200. The Hall–Kier alpha value is -4.08. The summed E-state index contributed by atoms with van der Waals surface area (Å²) in [4.78, 5) is 15.7. The summed E-state index contributed by atoms with van der Waals surface area (Å²) in [5, 5.41) is 14.0. The SMILES string of the molecule is COc1cc([C@@H](Nc2ccc(C(=N)N)cc2)C(=O)NCc2ccccc2)ccc1OCCN1CCOCC1. The molecule has 0 bridgehead atoms. The lowest BCUT2D eigenvalue weighted by molar-refractivity contribution is -0.122. The highest BCUT2D eigenvalue weighted by Crippen LogP contribution is 2.32. The third-order valence-corrected chi connectivity index (χ3v) is 6.37. The molecular formula is C29H35N5O4. The van der Waals surface area contributed by atoms with Crippen LogP contribution < -0.4 is 25.8 Å². The van der Waals surface area contributed by atoms with Crippen LogP contribution in [0.3, 0.4) is 0 Å². The van der Waals surface area contributed by atoms with Gasteiger partial charge in [-0.05, 0) is 47.5 Å². The van der Waals surface area contributed by atoms with E-state index in [2.05, 4.69) is 15.5 Å². The molecule has 0 aliphatic carbocycles. The van der Waals surface area contributed by atoms with E-state index >= 15 is 0 Å². The van der Waals surface area contributed by atoms with Crippen LogP contribution in [0.15, 0.2) is 72.8 Å². The average Bonchev–Trinajstić information content (AvgIpc) is 2.96. The number of nitrogens with zero attached hydrogens (tertiary/aromatic N) is 1. The largest absolute Gasteiger partial charge is 0.493 e. The van der Waals surface area contributed by atoms with E-state index in [4.69, 9.17) is 25.4 Å². The molecule has 0 saturated carbocycles. The molecule has 1 fully saturated rings. The van der Waals surface area contributed by atoms with E-state index in [1.807, 2.05) is 48.5 Å². The molecule has 1 amide bonds. The normalized spacial score (nSPS) is 14.3. The maximum absolute atomic E-state index is 13.4. The predicted molar refractivity (Wildman–Crippen MR) is 148 cm³/mol. The minimum atomic E-state index is -0.696. The Morgan fingerprint density at radius 1 is 1.05 bits per heavy atom. The molecule has 5 N–H and O–H groups in total. The van der Waals surface area contributed by atoms with E-state index in [-0.39, 0.29) is 11.7 Å². The smallest absolute Gasteiger partial charge is 0.247 e. The summed E-state index contributed by atoms with van der Waals surface area (Å²) < 4.78 is 17.1. The van der Waals surface area contributed by atoms with Crippen LogP contribution >= 0.6 is 0 Å². The van der Waals surface area contributed by atoms with Crippen LogP contribution in [0, 0.1) is 5.41 Å². The number of carbonyl (C=O) groups excluding carboxylic acids is 1. The number of amidine groups is 1. The van der Waals surface area contributed by atoms with Crippen molar-refractivity contribution in [2.45, 2.75) is 12.6 Å². The van der Waals surface area contributed by atoms with Gasteiger partial charge in [0.2, 0.25) is 5.91 Å². The Kier molecular flexibility index (Phi) is 9.55. The lowest BCUT2D eigenvalue weighted by Gasteiger charge is -2.26. The van der Waals surface area contributed by atoms with Gasteiger partial charge in [-0.25, -0.2) is 0 Å². The van der Waals surface area contributed by atoms with Crippen molar-refractivity contribution in [1.29, 1.82) is 5.41 Å². The van der Waals surface area contributed by atoms with Gasteiger partial charge in [0.1, 0.15) is 18.5 Å². The molecule has 3 aromatic rings. The van der Waals surface area contributed by atoms with Crippen LogP contribution in [-0.2, 0) is 16.1 Å². The Morgan fingerprint density at radius 2 is 1.79 bits per heavy atom. The van der Waals surface area contributed by atoms with Gasteiger partial charge in [0, 0.05) is 37.4 Å². The van der Waals surface area contributed by atoms with Crippen LogP contribution in [0.4, 0.5) is 5.69 Å². The summed E-state index contributed by atoms with van der Waals surface area (Å²) >= 11 is 0. The predicted octanol–water partition coefficient (Wildman–Crippen LogP) is 3.16. The highest BCUT2D eigenvalue weighted by atomic mass is 16.5. The van der Waals surface area contributed by atoms with Crippen molar-refractivity contribution >= 4 is 17.4 Å². The summed E-state index contributed by atoms with van der Waals surface area (Å²) in [6.07, 6.45) is 0. The second kappa shape index (κ2) is 13.5. The molecule has 3 aromatic carbocycles. The summed E-state index contributed by atoms with van der Waals surface area (Å²) in [5.74, 6) is 0.980. The van der Waals surface area contributed by atoms with Gasteiger partial charge in [-0.3, -0.25) is 15.1 Å². The van der Waals surface area contributed by atoms with Gasteiger partial charge in [-0.15, -0.1) is 0 Å². The number of benzene rings is 3. The van der Waals surface area contributed by atoms with Gasteiger partial charge >= 0.3 is 0 Å². The van der Waals surface area contributed by atoms with E-state index < -0.39 is 6.04 Å². The van der Waals surface area contributed by atoms with Crippen LogP contribution in [0.1, 0.15) is 22.7 Å². The second-order valence-electron chi connectivity index (χ2n) is 8.98. The number of carbonyl (C=O) groups is 1. The van der Waals surface area contributed by atoms with Crippen molar-refractivity contribution in [1.82, 2.24) is 10.2 Å². The van der Waals surface area contributed by atoms with Crippen molar-refractivity contribution in [3.63, 3.8) is 0 Å². The van der Waals surface area contributed by atoms with Gasteiger partial charge in [-0.1, -0.05) is 36.4 Å². The first-order chi connectivity index (χ1) is 18.5. The van der Waals surface area contributed by atoms with Gasteiger partial charge in [0.25, 0.3) is 0 Å². The fraction of sp³-hybridized carbons (Fsp3) is 0.310. The molecule has 1 aliphatic rings. The standard InChI is InChI=1S/C29H35N5O4/c1-36-26-19-23(9-12-25(26)38-18-15-34-13-16-37-17-14-34)27(29(35)32-20-21-5-3-2-4-6-21)33-24-10-7-22(8-11-24)28(30)31/h2-12,19,27,33H,13-18,20H2,1H3,(H3,30,31)(H,32,35)/t27-/m1/s1. The molecule has 1 atom stereocenters. The van der Waals surface area contributed by atoms with Gasteiger partial charge < -0.3 is 30.6 Å². The molecule has 0 spiro atoms. The molecule has 1 aliphatic heterocycles. The molecule has 0 radical (unpaired) electrons. The number of nitrogen functional groups attached to an aromatic ring is 1. The first kappa shape index (κ1) is 27.0. The molecule has 38 heavy (non-hydrogen) atoms. The summed E-state index contributed by atoms with van der Waals surface area (Å²) in [7, 11) is 1.59. The quantitative estimate of drug-likeness (QED) is 0.215. The first-order valence-corrected chi connectivity index (χ1v) is 12.7. The first-order valence-electron chi connectivity index (χ1n) is 12.7. The van der Waals surface area contributed by atoms with Crippen molar-refractivity contribution in [2.75, 3.05) is 51.9 Å². The molecule has 9 heteroatoms. The number of nitrogens with two attached hydrogens (primary N) is 1. The van der Waals surface area contributed by atoms with Crippen molar-refractivity contribution < 1.29 is 19.0 Å². The number of amides is 1. The van der Waals surface area contributed by atoms with E-state index in [1.54, 1.807) is 31.4 Å². The van der Waals surface area contributed by atoms with Crippen molar-refractivity contribution in [2.24, 2.45) is 5.73 Å². The number of rotatable bonds is 12. The molecule has 0 unspecified atom stereocenters. The summed E-state index contributed by atoms with van der Waals surface area (Å²) in [6.45, 7) is 5.03. The zero-order chi connectivity index (χ0) is 26.7.